The number of carbonyl (C=O) groups excluding carboxylic acids is 1. The molecule has 3 N–H and O–H groups in total. The van der Waals surface area contributed by atoms with E-state index >= 15 is 0 Å². The van der Waals surface area contributed by atoms with Gasteiger partial charge in [0.05, 0.1) is 23.0 Å². The molecule has 1 aliphatic rings. The van der Waals surface area contributed by atoms with E-state index in [9.17, 15) is 17.6 Å². The molecule has 1 amide bonds. The number of hydrogen-bond donors (Lipinski definition) is 2. The maximum atomic E-state index is 14.9. The third-order valence-corrected chi connectivity index (χ3v) is 7.14. The lowest BCUT2D eigenvalue weighted by Crippen LogP contribution is -2.46. The van der Waals surface area contributed by atoms with Crippen LogP contribution in [0.1, 0.15) is 19.3 Å². The lowest BCUT2D eigenvalue weighted by molar-refractivity contribution is -0.131. The smallest absolute Gasteiger partial charge is 0.241 e. The molecule has 8 nitrogen and oxygen atoms in total. The van der Waals surface area contributed by atoms with Gasteiger partial charge < -0.3 is 10.6 Å². The van der Waals surface area contributed by atoms with Crippen LogP contribution in [0.4, 0.5) is 10.2 Å². The lowest BCUT2D eigenvalue weighted by Gasteiger charge is -2.21. The second-order valence-electron chi connectivity index (χ2n) is 7.95. The highest BCUT2D eigenvalue weighted by molar-refractivity contribution is 7.89. The average molecular weight is 470 g/mol. The molecule has 0 saturated carbocycles. The minimum atomic E-state index is -4.05. The number of benzene rings is 2. The summed E-state index contributed by atoms with van der Waals surface area (Å²) in [5, 5.41) is 0. The SMILES string of the molecule is CN1CCCC[C@H](NS(=O)(=O)c2ccccc2-c2ccc(-c3cnc(N)cn3)c(F)c2)C1=O. The van der Waals surface area contributed by atoms with Crippen LogP contribution in [0, 0.1) is 5.82 Å². The minimum Gasteiger partial charge on any atom is -0.382 e. The van der Waals surface area contributed by atoms with Crippen LogP contribution in [0.5, 0.6) is 0 Å². The van der Waals surface area contributed by atoms with E-state index in [-0.39, 0.29) is 22.2 Å². The third-order valence-electron chi connectivity index (χ3n) is 5.61. The monoisotopic (exact) mass is 469 g/mol. The number of carbonyl (C=O) groups is 1. The van der Waals surface area contributed by atoms with Gasteiger partial charge in [0.25, 0.3) is 0 Å². The Labute approximate surface area is 191 Å². The first-order valence-corrected chi connectivity index (χ1v) is 12.0. The van der Waals surface area contributed by atoms with Gasteiger partial charge in [0.2, 0.25) is 15.9 Å². The molecule has 0 radical (unpaired) electrons. The number of likely N-dealkylation sites (N-methyl/N-ethyl adjacent to an activating group) is 1. The fourth-order valence-corrected chi connectivity index (χ4v) is 5.32. The molecule has 3 aromatic rings. The Morgan fingerprint density at radius 1 is 1.09 bits per heavy atom. The van der Waals surface area contributed by atoms with Gasteiger partial charge in [0.1, 0.15) is 17.7 Å². The summed E-state index contributed by atoms with van der Waals surface area (Å²) in [6.45, 7) is 0.595. The van der Waals surface area contributed by atoms with Crippen molar-refractivity contribution in [3.05, 3.63) is 60.7 Å². The highest BCUT2D eigenvalue weighted by atomic mass is 32.2. The van der Waals surface area contributed by atoms with Crippen LogP contribution in [-0.2, 0) is 14.8 Å². The second-order valence-corrected chi connectivity index (χ2v) is 9.63. The van der Waals surface area contributed by atoms with E-state index in [0.29, 0.717) is 29.8 Å². The number of rotatable bonds is 5. The van der Waals surface area contributed by atoms with E-state index in [0.717, 1.165) is 12.8 Å². The number of anilines is 1. The predicted octanol–water partition coefficient (Wildman–Crippen LogP) is 2.82. The van der Waals surface area contributed by atoms with Crippen LogP contribution in [0.15, 0.2) is 59.8 Å². The van der Waals surface area contributed by atoms with Gasteiger partial charge in [-0.25, -0.2) is 17.8 Å². The van der Waals surface area contributed by atoms with Crippen molar-refractivity contribution in [1.29, 1.82) is 0 Å². The summed E-state index contributed by atoms with van der Waals surface area (Å²) in [6.07, 6.45) is 4.70. The number of nitrogens with one attached hydrogen (secondary N) is 1. The first-order chi connectivity index (χ1) is 15.8. The fraction of sp³-hybridized carbons (Fsp3) is 0.261. The summed E-state index contributed by atoms with van der Waals surface area (Å²) >= 11 is 0. The zero-order valence-electron chi connectivity index (χ0n) is 18.0. The molecule has 10 heteroatoms. The van der Waals surface area contributed by atoms with E-state index in [2.05, 4.69) is 14.7 Å². The summed E-state index contributed by atoms with van der Waals surface area (Å²) < 4.78 is 44.0. The second kappa shape index (κ2) is 9.24. The summed E-state index contributed by atoms with van der Waals surface area (Å²) in [7, 11) is -2.38. The molecule has 4 rings (SSSR count). The maximum absolute atomic E-state index is 14.9. The Balaban J connectivity index is 1.68. The van der Waals surface area contributed by atoms with Crippen molar-refractivity contribution >= 4 is 21.7 Å². The third kappa shape index (κ3) is 4.86. The van der Waals surface area contributed by atoms with E-state index in [1.54, 1.807) is 36.2 Å². The van der Waals surface area contributed by atoms with E-state index in [1.165, 1.54) is 30.6 Å². The first kappa shape index (κ1) is 22.8. The summed E-state index contributed by atoms with van der Waals surface area (Å²) in [4.78, 5) is 22.1. The zero-order valence-corrected chi connectivity index (χ0v) is 18.8. The largest absolute Gasteiger partial charge is 0.382 e. The van der Waals surface area contributed by atoms with E-state index in [1.807, 2.05) is 0 Å². The van der Waals surface area contributed by atoms with Crippen molar-refractivity contribution in [2.45, 2.75) is 30.2 Å². The zero-order chi connectivity index (χ0) is 23.6. The van der Waals surface area contributed by atoms with Gasteiger partial charge in [-0.05, 0) is 43.0 Å². The fourth-order valence-electron chi connectivity index (χ4n) is 3.86. The number of halogens is 1. The van der Waals surface area contributed by atoms with Crippen LogP contribution in [0.25, 0.3) is 22.4 Å². The molecule has 0 bridgehead atoms. The summed E-state index contributed by atoms with van der Waals surface area (Å²) in [6, 6.07) is 9.88. The van der Waals surface area contributed by atoms with Gasteiger partial charge in [0.15, 0.2) is 0 Å². The number of hydrogen-bond acceptors (Lipinski definition) is 6. The molecule has 1 aromatic heterocycles. The number of amides is 1. The Hall–Kier alpha value is -3.37. The number of nitrogens with two attached hydrogens (primary N) is 1. The molecule has 33 heavy (non-hydrogen) atoms. The van der Waals surface area contributed by atoms with Gasteiger partial charge in [-0.3, -0.25) is 9.78 Å². The standard InChI is InChI=1S/C23H24FN5O3S/c1-29-11-5-4-7-19(23(29)30)28-33(31,32)21-8-3-2-6-16(21)15-9-10-17(18(24)12-15)20-13-27-22(25)14-26-20/h2-3,6,8-10,12-14,19,28H,4-5,7,11H2,1H3,(H2,25,27)/t19-/m0/s1. The van der Waals surface area contributed by atoms with Crippen LogP contribution in [0.3, 0.4) is 0 Å². The highest BCUT2D eigenvalue weighted by Gasteiger charge is 2.30. The van der Waals surface area contributed by atoms with Crippen molar-refractivity contribution in [3.63, 3.8) is 0 Å². The first-order valence-electron chi connectivity index (χ1n) is 10.5. The van der Waals surface area contributed by atoms with Crippen LogP contribution in [0.2, 0.25) is 0 Å². The average Bonchev–Trinajstić information content (AvgIpc) is 2.95. The molecule has 1 aliphatic heterocycles. The summed E-state index contributed by atoms with van der Waals surface area (Å²) in [5.74, 6) is -0.610. The topological polar surface area (TPSA) is 118 Å². The van der Waals surface area contributed by atoms with Gasteiger partial charge in [0, 0.05) is 24.7 Å². The predicted molar refractivity (Wildman–Crippen MR) is 123 cm³/mol. The highest BCUT2D eigenvalue weighted by Crippen LogP contribution is 2.31. The molecule has 1 atom stereocenters. The number of likely N-dealkylation sites (tertiary alicyclic amines) is 1. The van der Waals surface area contributed by atoms with Gasteiger partial charge >= 0.3 is 0 Å². The molecule has 0 aliphatic carbocycles. The molecular weight excluding hydrogens is 445 g/mol. The van der Waals surface area contributed by atoms with Crippen molar-refractivity contribution < 1.29 is 17.6 Å². The van der Waals surface area contributed by atoms with Crippen molar-refractivity contribution in [2.75, 3.05) is 19.3 Å². The molecule has 1 fully saturated rings. The van der Waals surface area contributed by atoms with E-state index in [4.69, 9.17) is 5.73 Å². The molecule has 172 valence electrons. The number of sulfonamides is 1. The van der Waals surface area contributed by atoms with Crippen molar-refractivity contribution in [2.24, 2.45) is 0 Å². The van der Waals surface area contributed by atoms with Crippen LogP contribution in [-0.4, -0.2) is 48.8 Å². The van der Waals surface area contributed by atoms with Crippen LogP contribution >= 0.6 is 0 Å². The number of aromatic nitrogens is 2. The molecule has 0 unspecified atom stereocenters. The normalized spacial score (nSPS) is 17.1. The Morgan fingerprint density at radius 3 is 2.61 bits per heavy atom. The molecule has 2 heterocycles. The van der Waals surface area contributed by atoms with E-state index < -0.39 is 21.9 Å². The Bertz CT molecular complexity index is 1280. The van der Waals surface area contributed by atoms with Crippen LogP contribution < -0.4 is 10.5 Å². The summed E-state index contributed by atoms with van der Waals surface area (Å²) in [5.41, 5.74) is 6.78. The van der Waals surface area contributed by atoms with Gasteiger partial charge in [-0.1, -0.05) is 24.3 Å². The quantitative estimate of drug-likeness (QED) is 0.593. The minimum absolute atomic E-state index is 0.0240. The van der Waals surface area contributed by atoms with Crippen molar-refractivity contribution in [3.8, 4) is 22.4 Å². The molecule has 2 aromatic carbocycles. The molecular formula is C23H24FN5O3S. The molecule has 0 spiro atoms. The molecule has 1 saturated heterocycles. The number of nitrogens with zero attached hydrogens (tertiary/aromatic N) is 3. The maximum Gasteiger partial charge on any atom is 0.241 e. The lowest BCUT2D eigenvalue weighted by atomic mass is 10.0. The van der Waals surface area contributed by atoms with Gasteiger partial charge in [-0.15, -0.1) is 0 Å². The number of nitrogen functional groups attached to an aromatic ring is 1. The Morgan fingerprint density at radius 2 is 1.88 bits per heavy atom. The van der Waals surface area contributed by atoms with Crippen molar-refractivity contribution in [1.82, 2.24) is 19.6 Å². The van der Waals surface area contributed by atoms with Gasteiger partial charge in [-0.2, -0.15) is 4.72 Å². The Kier molecular flexibility index (Phi) is 6.39.